The number of amides is 2. The van der Waals surface area contributed by atoms with Crippen LogP contribution in [0.15, 0.2) is 23.1 Å². The number of carbonyl (C=O) groups excluding carboxylic acids is 2. The molecule has 2 heterocycles. The third-order valence-corrected chi connectivity index (χ3v) is 7.65. The highest BCUT2D eigenvalue weighted by atomic mass is 32.2. The van der Waals surface area contributed by atoms with Gasteiger partial charge < -0.3 is 15.0 Å². The zero-order valence-electron chi connectivity index (χ0n) is 19.2. The predicted molar refractivity (Wildman–Crippen MR) is 122 cm³/mol. The summed E-state index contributed by atoms with van der Waals surface area (Å²) in [5.74, 6) is 0.310. The van der Waals surface area contributed by atoms with Crippen LogP contribution in [0.1, 0.15) is 42.6 Å². The van der Waals surface area contributed by atoms with Gasteiger partial charge in [-0.25, -0.2) is 13.1 Å². The van der Waals surface area contributed by atoms with E-state index >= 15 is 0 Å². The van der Waals surface area contributed by atoms with Crippen LogP contribution in [0.4, 0.5) is 5.82 Å². The summed E-state index contributed by atoms with van der Waals surface area (Å²) < 4.78 is 35.5. The van der Waals surface area contributed by atoms with Crippen molar-refractivity contribution in [2.24, 2.45) is 13.0 Å². The lowest BCUT2D eigenvalue weighted by Crippen LogP contribution is -2.35. The summed E-state index contributed by atoms with van der Waals surface area (Å²) in [6.45, 7) is 4.07. The summed E-state index contributed by atoms with van der Waals surface area (Å²) in [7, 11) is -0.775. The van der Waals surface area contributed by atoms with Crippen LogP contribution < -0.4 is 10.0 Å². The van der Waals surface area contributed by atoms with E-state index in [1.165, 1.54) is 20.1 Å². The molecule has 0 spiro atoms. The Balaban J connectivity index is 1.80. The lowest BCUT2D eigenvalue weighted by molar-refractivity contribution is -0.114. The van der Waals surface area contributed by atoms with Crippen molar-refractivity contribution in [3.63, 3.8) is 0 Å². The number of hydrogen-bond acceptors (Lipinski definition) is 6. The summed E-state index contributed by atoms with van der Waals surface area (Å²) in [6, 6.07) is 5.08. The number of anilines is 1. The fourth-order valence-electron chi connectivity index (χ4n) is 4.30. The van der Waals surface area contributed by atoms with Gasteiger partial charge in [-0.3, -0.25) is 14.3 Å². The molecule has 0 saturated heterocycles. The maximum absolute atomic E-state index is 13.4. The lowest BCUT2D eigenvalue weighted by atomic mass is 10.0. The molecule has 0 radical (unpaired) electrons. The third kappa shape index (κ3) is 4.66. The number of methoxy groups -OCH3 is 1. The van der Waals surface area contributed by atoms with Gasteiger partial charge in [0.2, 0.25) is 15.9 Å². The van der Waals surface area contributed by atoms with Crippen molar-refractivity contribution in [2.45, 2.75) is 44.2 Å². The number of rotatable bonds is 9. The van der Waals surface area contributed by atoms with Gasteiger partial charge in [0.1, 0.15) is 0 Å². The zero-order valence-corrected chi connectivity index (χ0v) is 20.0. The number of aromatic nitrogens is 2. The van der Waals surface area contributed by atoms with Crippen molar-refractivity contribution in [1.29, 1.82) is 0 Å². The first-order valence-electron chi connectivity index (χ1n) is 10.9. The molecule has 1 unspecified atom stereocenters. The molecular weight excluding hydrogens is 446 g/mol. The number of nitrogens with zero attached hydrogens (tertiary/aromatic N) is 3. The molecule has 1 atom stereocenters. The fraction of sp³-hybridized carbons (Fsp3) is 0.500. The fourth-order valence-corrected chi connectivity index (χ4v) is 5.57. The van der Waals surface area contributed by atoms with Crippen LogP contribution in [0.3, 0.4) is 0 Å². The van der Waals surface area contributed by atoms with Gasteiger partial charge >= 0.3 is 0 Å². The van der Waals surface area contributed by atoms with Crippen molar-refractivity contribution < 1.29 is 22.7 Å². The second kappa shape index (κ2) is 8.88. The van der Waals surface area contributed by atoms with Gasteiger partial charge in [0.05, 0.1) is 22.8 Å². The van der Waals surface area contributed by atoms with Crippen molar-refractivity contribution in [1.82, 2.24) is 19.4 Å². The Hall–Kier alpha value is -2.76. The highest BCUT2D eigenvalue weighted by molar-refractivity contribution is 7.89. The molecule has 33 heavy (non-hydrogen) atoms. The summed E-state index contributed by atoms with van der Waals surface area (Å²) >= 11 is 0. The Morgan fingerprint density at radius 3 is 2.67 bits per heavy atom. The highest BCUT2D eigenvalue weighted by Gasteiger charge is 2.41. The van der Waals surface area contributed by atoms with Crippen molar-refractivity contribution in [3.8, 4) is 11.3 Å². The third-order valence-electron chi connectivity index (χ3n) is 6.16. The number of sulfonamides is 1. The van der Waals surface area contributed by atoms with Gasteiger partial charge in [-0.15, -0.1) is 0 Å². The van der Waals surface area contributed by atoms with Crippen LogP contribution in [-0.2, 0) is 33.1 Å². The molecule has 1 aliphatic carbocycles. The lowest BCUT2D eigenvalue weighted by Gasteiger charge is -2.24. The molecule has 1 saturated carbocycles. The second-order valence-electron chi connectivity index (χ2n) is 8.63. The van der Waals surface area contributed by atoms with E-state index in [0.717, 1.165) is 12.8 Å². The second-order valence-corrected chi connectivity index (χ2v) is 10.4. The van der Waals surface area contributed by atoms with E-state index in [0.29, 0.717) is 35.1 Å². The number of carbonyl (C=O) groups is 2. The highest BCUT2D eigenvalue weighted by Crippen LogP contribution is 2.40. The van der Waals surface area contributed by atoms with Gasteiger partial charge in [0.25, 0.3) is 5.91 Å². The monoisotopic (exact) mass is 475 g/mol. The largest absolute Gasteiger partial charge is 0.383 e. The quantitative estimate of drug-likeness (QED) is 0.533. The molecule has 10 nitrogen and oxygen atoms in total. The first-order chi connectivity index (χ1) is 15.6. The summed E-state index contributed by atoms with van der Waals surface area (Å²) in [6.07, 6.45) is 2.16. The van der Waals surface area contributed by atoms with Crippen molar-refractivity contribution >= 4 is 27.7 Å². The van der Waals surface area contributed by atoms with E-state index in [4.69, 9.17) is 4.74 Å². The standard InChI is InChI=1S/C22H29N5O5S/c1-13(15-5-6-15)27-12-17-9-16(18-11-20(24-14(2)28)25-26(18)3)10-19(21(17)22(27)29)33(30,31)23-7-8-32-4/h9-11,13,15,23H,5-8,12H2,1-4H3,(H,24,25,28). The Kier molecular flexibility index (Phi) is 6.30. The maximum atomic E-state index is 13.4. The van der Waals surface area contributed by atoms with Crippen LogP contribution >= 0.6 is 0 Å². The van der Waals surface area contributed by atoms with E-state index < -0.39 is 10.0 Å². The molecule has 2 amide bonds. The van der Waals surface area contributed by atoms with Gasteiger partial charge in [-0.1, -0.05) is 0 Å². The maximum Gasteiger partial charge on any atom is 0.256 e. The molecule has 2 aromatic rings. The molecule has 1 aromatic heterocycles. The van der Waals surface area contributed by atoms with Crippen LogP contribution in [0.25, 0.3) is 11.3 Å². The molecule has 1 aliphatic heterocycles. The number of benzene rings is 1. The predicted octanol–water partition coefficient (Wildman–Crippen LogP) is 1.72. The molecule has 178 valence electrons. The first kappa shape index (κ1) is 23.4. The minimum absolute atomic E-state index is 0.0495. The molecule has 1 aromatic carbocycles. The Labute approximate surface area is 193 Å². The normalized spacial score (nSPS) is 16.7. The smallest absolute Gasteiger partial charge is 0.256 e. The average Bonchev–Trinajstić information content (AvgIpc) is 3.46. The van der Waals surface area contributed by atoms with Crippen molar-refractivity contribution in [3.05, 3.63) is 29.3 Å². The Morgan fingerprint density at radius 1 is 1.30 bits per heavy atom. The molecule has 0 bridgehead atoms. The Bertz CT molecular complexity index is 1200. The van der Waals surface area contributed by atoms with Gasteiger partial charge in [0.15, 0.2) is 5.82 Å². The van der Waals surface area contributed by atoms with Crippen LogP contribution in [-0.4, -0.2) is 61.2 Å². The number of nitrogens with one attached hydrogen (secondary N) is 2. The van der Waals surface area contributed by atoms with Crippen LogP contribution in [0, 0.1) is 5.92 Å². The van der Waals surface area contributed by atoms with E-state index in [1.54, 1.807) is 22.7 Å². The van der Waals surface area contributed by atoms with E-state index in [-0.39, 0.29) is 41.5 Å². The minimum atomic E-state index is -3.98. The zero-order chi connectivity index (χ0) is 23.9. The summed E-state index contributed by atoms with van der Waals surface area (Å²) in [5, 5.41) is 6.93. The topological polar surface area (TPSA) is 123 Å². The number of fused-ring (bicyclic) bond motifs is 1. The average molecular weight is 476 g/mol. The van der Waals surface area contributed by atoms with Gasteiger partial charge in [0, 0.05) is 51.8 Å². The summed E-state index contributed by atoms with van der Waals surface area (Å²) in [5.41, 5.74) is 2.11. The van der Waals surface area contributed by atoms with E-state index in [9.17, 15) is 18.0 Å². The summed E-state index contributed by atoms with van der Waals surface area (Å²) in [4.78, 5) is 26.5. The molecular formula is C22H29N5O5S. The molecule has 4 rings (SSSR count). The minimum Gasteiger partial charge on any atom is -0.383 e. The van der Waals surface area contributed by atoms with Gasteiger partial charge in [-0.2, -0.15) is 5.10 Å². The van der Waals surface area contributed by atoms with E-state index in [1.807, 2.05) is 13.0 Å². The number of hydrogen-bond donors (Lipinski definition) is 2. The Morgan fingerprint density at radius 2 is 2.03 bits per heavy atom. The van der Waals surface area contributed by atoms with Gasteiger partial charge in [-0.05, 0) is 43.4 Å². The first-order valence-corrected chi connectivity index (χ1v) is 12.4. The number of ether oxygens (including phenoxy) is 1. The number of aryl methyl sites for hydroxylation is 1. The molecule has 2 N–H and O–H groups in total. The van der Waals surface area contributed by atoms with Crippen LogP contribution in [0.2, 0.25) is 0 Å². The molecule has 2 aliphatic rings. The SMILES string of the molecule is COCCNS(=O)(=O)c1cc(-c2cc(NC(C)=O)nn2C)cc2c1C(=O)N(C(C)C1CC1)C2. The van der Waals surface area contributed by atoms with E-state index in [2.05, 4.69) is 15.1 Å². The van der Waals surface area contributed by atoms with Crippen LogP contribution in [0.5, 0.6) is 0 Å². The molecule has 1 fully saturated rings. The molecule has 11 heteroatoms. The van der Waals surface area contributed by atoms with Crippen molar-refractivity contribution in [2.75, 3.05) is 25.6 Å².